The zero-order chi connectivity index (χ0) is 12.8. The molecule has 0 radical (unpaired) electrons. The average Bonchev–Trinajstić information content (AvgIpc) is 2.39. The Morgan fingerprint density at radius 2 is 1.89 bits per heavy atom. The van der Waals surface area contributed by atoms with Crippen molar-refractivity contribution in [3.8, 4) is 5.75 Å². The van der Waals surface area contributed by atoms with Crippen LogP contribution in [-0.2, 0) is 6.42 Å². The van der Waals surface area contributed by atoms with Gasteiger partial charge in [0.2, 0.25) is 0 Å². The molecule has 0 aliphatic rings. The van der Waals surface area contributed by atoms with Crippen molar-refractivity contribution in [2.24, 2.45) is 0 Å². The molecule has 0 aliphatic carbocycles. The van der Waals surface area contributed by atoms with E-state index in [9.17, 15) is 0 Å². The first-order valence-corrected chi connectivity index (χ1v) is 6.25. The molecule has 0 bridgehead atoms. The van der Waals surface area contributed by atoms with Crippen molar-refractivity contribution in [3.05, 3.63) is 53.2 Å². The second-order valence-corrected chi connectivity index (χ2v) is 4.49. The van der Waals surface area contributed by atoms with Gasteiger partial charge in [-0.2, -0.15) is 0 Å². The number of aromatic hydroxyl groups is 1. The summed E-state index contributed by atoms with van der Waals surface area (Å²) in [7, 11) is 0. The number of benzene rings is 1. The second kappa shape index (κ2) is 6.26. The molecule has 0 aliphatic heterocycles. The molecule has 0 saturated carbocycles. The van der Waals surface area contributed by atoms with Crippen molar-refractivity contribution >= 4 is 17.4 Å². The van der Waals surface area contributed by atoms with Crippen LogP contribution >= 0.6 is 11.6 Å². The zero-order valence-corrected chi connectivity index (χ0v) is 10.7. The summed E-state index contributed by atoms with van der Waals surface area (Å²) in [5, 5.41) is 13.1. The van der Waals surface area contributed by atoms with Gasteiger partial charge in [-0.25, -0.2) is 4.98 Å². The van der Waals surface area contributed by atoms with Gasteiger partial charge in [-0.1, -0.05) is 23.7 Å². The Bertz CT molecular complexity index is 435. The lowest BCUT2D eigenvalue weighted by molar-refractivity contribution is 0.473. The number of aromatic nitrogens is 1. The standard InChI is InChI=1S/C14H15ClN2O/c15-12-5-3-11(4-6-12)2-1-9-16-14-8-7-13(18)10-17-14/h3-8,10,18H,1-2,9H2,(H,16,17). The molecule has 0 saturated heterocycles. The highest BCUT2D eigenvalue weighted by Crippen LogP contribution is 2.12. The highest BCUT2D eigenvalue weighted by molar-refractivity contribution is 6.30. The average molecular weight is 263 g/mol. The quantitative estimate of drug-likeness (QED) is 0.811. The minimum atomic E-state index is 0.182. The van der Waals surface area contributed by atoms with Gasteiger partial charge < -0.3 is 10.4 Å². The number of aryl methyl sites for hydroxylation is 1. The summed E-state index contributed by atoms with van der Waals surface area (Å²) in [6, 6.07) is 11.3. The molecular formula is C14H15ClN2O. The van der Waals surface area contributed by atoms with Gasteiger partial charge in [0.05, 0.1) is 6.20 Å². The fourth-order valence-corrected chi connectivity index (χ4v) is 1.78. The van der Waals surface area contributed by atoms with Gasteiger partial charge in [0.1, 0.15) is 11.6 Å². The van der Waals surface area contributed by atoms with E-state index >= 15 is 0 Å². The van der Waals surface area contributed by atoms with Crippen LogP contribution in [0.1, 0.15) is 12.0 Å². The Kier molecular flexibility index (Phi) is 4.42. The molecule has 0 unspecified atom stereocenters. The van der Waals surface area contributed by atoms with Crippen LogP contribution < -0.4 is 5.32 Å². The normalized spacial score (nSPS) is 10.3. The zero-order valence-electron chi connectivity index (χ0n) is 9.94. The van der Waals surface area contributed by atoms with Crippen LogP contribution in [0, 0.1) is 0 Å². The molecule has 3 nitrogen and oxygen atoms in total. The highest BCUT2D eigenvalue weighted by atomic mass is 35.5. The van der Waals surface area contributed by atoms with Crippen LogP contribution in [0.25, 0.3) is 0 Å². The molecule has 18 heavy (non-hydrogen) atoms. The largest absolute Gasteiger partial charge is 0.506 e. The van der Waals surface area contributed by atoms with E-state index in [0.29, 0.717) is 0 Å². The maximum absolute atomic E-state index is 9.10. The van der Waals surface area contributed by atoms with Gasteiger partial charge in [-0.15, -0.1) is 0 Å². The van der Waals surface area contributed by atoms with Gasteiger partial charge in [0.25, 0.3) is 0 Å². The van der Waals surface area contributed by atoms with E-state index < -0.39 is 0 Å². The molecule has 1 aromatic heterocycles. The number of anilines is 1. The minimum absolute atomic E-state index is 0.182. The lowest BCUT2D eigenvalue weighted by atomic mass is 10.1. The van der Waals surface area contributed by atoms with Crippen LogP contribution in [0.15, 0.2) is 42.6 Å². The van der Waals surface area contributed by atoms with E-state index in [4.69, 9.17) is 16.7 Å². The molecule has 4 heteroatoms. The first-order chi connectivity index (χ1) is 8.74. The molecule has 2 aromatic rings. The summed E-state index contributed by atoms with van der Waals surface area (Å²) in [4.78, 5) is 4.06. The van der Waals surface area contributed by atoms with Gasteiger partial charge in [-0.05, 0) is 42.7 Å². The highest BCUT2D eigenvalue weighted by Gasteiger charge is 1.96. The van der Waals surface area contributed by atoms with E-state index in [0.717, 1.165) is 30.2 Å². The molecule has 2 N–H and O–H groups in total. The predicted molar refractivity (Wildman–Crippen MR) is 74.2 cm³/mol. The first kappa shape index (κ1) is 12.7. The van der Waals surface area contributed by atoms with Crippen LogP contribution in [-0.4, -0.2) is 16.6 Å². The molecule has 0 atom stereocenters. The van der Waals surface area contributed by atoms with Crippen molar-refractivity contribution in [1.29, 1.82) is 0 Å². The summed E-state index contributed by atoms with van der Waals surface area (Å²) in [5.74, 6) is 0.964. The summed E-state index contributed by atoms with van der Waals surface area (Å²) in [6.07, 6.45) is 3.45. The third-order valence-electron chi connectivity index (χ3n) is 2.61. The van der Waals surface area contributed by atoms with Crippen molar-refractivity contribution < 1.29 is 5.11 Å². The summed E-state index contributed by atoms with van der Waals surface area (Å²) >= 11 is 5.82. The molecular weight excluding hydrogens is 248 g/mol. The molecule has 2 rings (SSSR count). The number of nitrogens with zero attached hydrogens (tertiary/aromatic N) is 1. The maximum atomic E-state index is 9.10. The van der Waals surface area contributed by atoms with Crippen LogP contribution in [0.4, 0.5) is 5.82 Å². The Morgan fingerprint density at radius 1 is 1.11 bits per heavy atom. The third kappa shape index (κ3) is 3.93. The second-order valence-electron chi connectivity index (χ2n) is 4.06. The van der Waals surface area contributed by atoms with Crippen molar-refractivity contribution in [2.45, 2.75) is 12.8 Å². The molecule has 0 fully saturated rings. The maximum Gasteiger partial charge on any atom is 0.134 e. The summed E-state index contributed by atoms with van der Waals surface area (Å²) in [6.45, 7) is 0.848. The SMILES string of the molecule is Oc1ccc(NCCCc2ccc(Cl)cc2)nc1. The number of nitrogens with one attached hydrogen (secondary N) is 1. The minimum Gasteiger partial charge on any atom is -0.506 e. The Hall–Kier alpha value is -1.74. The van der Waals surface area contributed by atoms with Crippen LogP contribution in [0.2, 0.25) is 5.02 Å². The van der Waals surface area contributed by atoms with E-state index in [1.165, 1.54) is 11.8 Å². The van der Waals surface area contributed by atoms with E-state index in [1.54, 1.807) is 12.1 Å². The number of pyridine rings is 1. The number of halogens is 1. The molecule has 0 amide bonds. The third-order valence-corrected chi connectivity index (χ3v) is 2.86. The fraction of sp³-hybridized carbons (Fsp3) is 0.214. The molecule has 94 valence electrons. The van der Waals surface area contributed by atoms with Gasteiger partial charge >= 0.3 is 0 Å². The monoisotopic (exact) mass is 262 g/mol. The van der Waals surface area contributed by atoms with E-state index in [-0.39, 0.29) is 5.75 Å². The van der Waals surface area contributed by atoms with Crippen LogP contribution in [0.5, 0.6) is 5.75 Å². The van der Waals surface area contributed by atoms with Crippen molar-refractivity contribution in [3.63, 3.8) is 0 Å². The van der Waals surface area contributed by atoms with E-state index in [1.807, 2.05) is 24.3 Å². The first-order valence-electron chi connectivity index (χ1n) is 5.87. The Morgan fingerprint density at radius 3 is 2.56 bits per heavy atom. The molecule has 1 aromatic carbocycles. The smallest absolute Gasteiger partial charge is 0.134 e. The molecule has 0 spiro atoms. The lowest BCUT2D eigenvalue weighted by Crippen LogP contribution is -2.04. The Labute approximate surface area is 111 Å². The van der Waals surface area contributed by atoms with Gasteiger partial charge in [-0.3, -0.25) is 0 Å². The molecule has 1 heterocycles. The van der Waals surface area contributed by atoms with Gasteiger partial charge in [0.15, 0.2) is 0 Å². The van der Waals surface area contributed by atoms with Gasteiger partial charge in [0, 0.05) is 11.6 Å². The summed E-state index contributed by atoms with van der Waals surface area (Å²) in [5.41, 5.74) is 1.28. The topological polar surface area (TPSA) is 45.1 Å². The predicted octanol–water partition coefficient (Wildman–Crippen LogP) is 3.49. The van der Waals surface area contributed by atoms with Crippen molar-refractivity contribution in [2.75, 3.05) is 11.9 Å². The van der Waals surface area contributed by atoms with Crippen molar-refractivity contribution in [1.82, 2.24) is 4.98 Å². The fourth-order valence-electron chi connectivity index (χ4n) is 1.65. The summed E-state index contributed by atoms with van der Waals surface area (Å²) < 4.78 is 0. The van der Waals surface area contributed by atoms with Crippen LogP contribution in [0.3, 0.4) is 0 Å². The number of hydrogen-bond acceptors (Lipinski definition) is 3. The lowest BCUT2D eigenvalue weighted by Gasteiger charge is -2.05. The van der Waals surface area contributed by atoms with E-state index in [2.05, 4.69) is 10.3 Å². The number of rotatable bonds is 5. The number of hydrogen-bond donors (Lipinski definition) is 2. The Balaban J connectivity index is 1.73.